The summed E-state index contributed by atoms with van der Waals surface area (Å²) >= 11 is 0. The van der Waals surface area contributed by atoms with E-state index in [1.54, 1.807) is 0 Å². The van der Waals surface area contributed by atoms with Crippen LogP contribution in [0.15, 0.2) is 188 Å². The van der Waals surface area contributed by atoms with E-state index in [2.05, 4.69) is 81.4 Å². The lowest BCUT2D eigenvalue weighted by atomic mass is 10.1. The first kappa shape index (κ1) is 38.6. The van der Waals surface area contributed by atoms with Gasteiger partial charge < -0.3 is 44.6 Å². The smallest absolute Gasteiger partial charge is 0.119 e. The minimum Gasteiger partial charge on any atom is -0.491 e. The van der Waals surface area contributed by atoms with Crippen LogP contribution < -0.4 is 24.2 Å². The Morgan fingerprint density at radius 1 is 0.333 bits per heavy atom. The van der Waals surface area contributed by atoms with E-state index in [0.717, 1.165) is 51.2 Å². The molecule has 0 aliphatic carbocycles. The average molecular weight is 760 g/mol. The highest BCUT2D eigenvalue weighted by atomic mass is 16.5. The van der Waals surface area contributed by atoms with Crippen LogP contribution in [-0.4, -0.2) is 59.1 Å². The van der Waals surface area contributed by atoms with Gasteiger partial charge in [0.05, 0.1) is 30.3 Å². The summed E-state index contributed by atoms with van der Waals surface area (Å²) in [6.07, 6.45) is -1.98. The predicted octanol–water partition coefficient (Wildman–Crippen LogP) is 9.56. The summed E-state index contributed by atoms with van der Waals surface area (Å²) in [6, 6.07) is 62.8. The van der Waals surface area contributed by atoms with Gasteiger partial charge in [0.1, 0.15) is 36.9 Å². The molecule has 9 heteroatoms. The highest BCUT2D eigenvalue weighted by Gasteiger charge is 2.22. The molecule has 0 saturated heterocycles. The van der Waals surface area contributed by atoms with Crippen molar-refractivity contribution in [3.8, 4) is 11.5 Å². The Balaban J connectivity index is 1.44. The van der Waals surface area contributed by atoms with Crippen LogP contribution in [0.1, 0.15) is 0 Å². The lowest BCUT2D eigenvalue weighted by Crippen LogP contribution is -2.21. The van der Waals surface area contributed by atoms with Crippen molar-refractivity contribution in [2.24, 2.45) is 0 Å². The summed E-state index contributed by atoms with van der Waals surface area (Å²) < 4.78 is 11.6. The molecule has 0 aromatic heterocycles. The van der Waals surface area contributed by atoms with E-state index in [1.807, 2.05) is 121 Å². The van der Waals surface area contributed by atoms with Crippen LogP contribution >= 0.6 is 0 Å². The topological polar surface area (TPSA) is 109 Å². The molecule has 0 aliphatic heterocycles. The first-order valence-corrected chi connectivity index (χ1v) is 18.8. The van der Waals surface area contributed by atoms with Crippen LogP contribution in [0.5, 0.6) is 11.5 Å². The number of rotatable bonds is 17. The second-order valence-corrected chi connectivity index (χ2v) is 13.3. The molecule has 57 heavy (non-hydrogen) atoms. The maximum absolute atomic E-state index is 9.91. The van der Waals surface area contributed by atoms with E-state index < -0.39 is 25.4 Å². The number of nitrogens with zero attached hydrogens (tertiary/aromatic N) is 3. The summed E-state index contributed by atoms with van der Waals surface area (Å²) in [7, 11) is 0. The monoisotopic (exact) mass is 759 g/mol. The Labute approximate surface area is 333 Å². The third-order valence-corrected chi connectivity index (χ3v) is 9.22. The fraction of sp³-hybridized carbons (Fsp3) is 0.125. The van der Waals surface area contributed by atoms with Crippen molar-refractivity contribution in [2.75, 3.05) is 41.1 Å². The lowest BCUT2D eigenvalue weighted by molar-refractivity contribution is 0.0536. The number of aliphatic hydroxyl groups excluding tert-OH is 4. The Bertz CT molecular complexity index is 2020. The van der Waals surface area contributed by atoms with Crippen molar-refractivity contribution in [1.82, 2.24) is 0 Å². The van der Waals surface area contributed by atoms with Gasteiger partial charge in [-0.3, -0.25) is 0 Å². The van der Waals surface area contributed by atoms with Crippen LogP contribution in [0.25, 0.3) is 0 Å². The molecule has 0 bridgehead atoms. The third kappa shape index (κ3) is 9.61. The first-order chi connectivity index (χ1) is 28.0. The molecule has 288 valence electrons. The van der Waals surface area contributed by atoms with Crippen LogP contribution in [0, 0.1) is 0 Å². The van der Waals surface area contributed by atoms with E-state index in [4.69, 9.17) is 9.47 Å². The molecule has 9 nitrogen and oxygen atoms in total. The van der Waals surface area contributed by atoms with Gasteiger partial charge >= 0.3 is 0 Å². The second kappa shape index (κ2) is 18.8. The Morgan fingerprint density at radius 2 is 0.579 bits per heavy atom. The molecule has 4 N–H and O–H groups in total. The highest BCUT2D eigenvalue weighted by Crippen LogP contribution is 2.46. The molecule has 7 rings (SSSR count). The molecule has 7 aromatic rings. The van der Waals surface area contributed by atoms with Gasteiger partial charge in [-0.15, -0.1) is 0 Å². The number of anilines is 9. The maximum atomic E-state index is 9.91. The summed E-state index contributed by atoms with van der Waals surface area (Å²) in [4.78, 5) is 6.63. The highest BCUT2D eigenvalue weighted by molar-refractivity contribution is 5.89. The van der Waals surface area contributed by atoms with E-state index in [1.165, 1.54) is 0 Å². The zero-order chi connectivity index (χ0) is 39.4. The van der Waals surface area contributed by atoms with Gasteiger partial charge in [0.15, 0.2) is 0 Å². The Hall–Kier alpha value is -6.62. The van der Waals surface area contributed by atoms with Crippen molar-refractivity contribution in [3.63, 3.8) is 0 Å². The summed E-state index contributed by atoms with van der Waals surface area (Å²) in [5.41, 5.74) is 8.29. The lowest BCUT2D eigenvalue weighted by Gasteiger charge is -2.33. The van der Waals surface area contributed by atoms with Gasteiger partial charge in [0.2, 0.25) is 0 Å². The van der Waals surface area contributed by atoms with Gasteiger partial charge in [-0.05, 0) is 115 Å². The summed E-state index contributed by atoms with van der Waals surface area (Å²) in [5, 5.41) is 38.4. The quantitative estimate of drug-likeness (QED) is 0.0722. The molecule has 2 atom stereocenters. The van der Waals surface area contributed by atoms with Gasteiger partial charge in [0, 0.05) is 34.1 Å². The van der Waals surface area contributed by atoms with Crippen molar-refractivity contribution >= 4 is 51.2 Å². The largest absolute Gasteiger partial charge is 0.491 e. The predicted molar refractivity (Wildman–Crippen MR) is 228 cm³/mol. The fourth-order valence-corrected chi connectivity index (χ4v) is 6.49. The minimum atomic E-state index is -0.990. The summed E-state index contributed by atoms with van der Waals surface area (Å²) in [6.45, 7) is -0.869. The maximum Gasteiger partial charge on any atom is 0.119 e. The number of ether oxygens (including phenoxy) is 2. The van der Waals surface area contributed by atoms with Crippen molar-refractivity contribution in [3.05, 3.63) is 188 Å². The molecule has 7 aromatic carbocycles. The van der Waals surface area contributed by atoms with Crippen molar-refractivity contribution in [2.45, 2.75) is 12.2 Å². The van der Waals surface area contributed by atoms with E-state index in [9.17, 15) is 20.4 Å². The van der Waals surface area contributed by atoms with Crippen LogP contribution in [0.3, 0.4) is 0 Å². The zero-order valence-electron chi connectivity index (χ0n) is 31.3. The average Bonchev–Trinajstić information content (AvgIpc) is 3.27. The van der Waals surface area contributed by atoms with E-state index in [0.29, 0.717) is 11.5 Å². The normalized spacial score (nSPS) is 12.0. The third-order valence-electron chi connectivity index (χ3n) is 9.22. The molecule has 2 unspecified atom stereocenters. The number of hydrogen-bond donors (Lipinski definition) is 4. The van der Waals surface area contributed by atoms with Crippen molar-refractivity contribution in [1.29, 1.82) is 0 Å². The van der Waals surface area contributed by atoms with Crippen LogP contribution in [0.2, 0.25) is 0 Å². The SMILES string of the molecule is OCC(O)COc1ccc(N(c2ccc(OCC(O)CO)cc2)c2cc(N(c3ccccc3)c3ccccc3)cc(N(c3ccccc3)c3ccccc3)c2)cc1. The molecule has 0 spiro atoms. The number of aliphatic hydroxyl groups is 4. The zero-order valence-corrected chi connectivity index (χ0v) is 31.3. The number of benzene rings is 7. The minimum absolute atomic E-state index is 0.0407. The molecule has 0 fully saturated rings. The Kier molecular flexibility index (Phi) is 12.8. The molecular weight excluding hydrogens is 715 g/mol. The first-order valence-electron chi connectivity index (χ1n) is 18.8. The fourth-order valence-electron chi connectivity index (χ4n) is 6.49. The van der Waals surface area contributed by atoms with E-state index >= 15 is 0 Å². The second-order valence-electron chi connectivity index (χ2n) is 13.3. The van der Waals surface area contributed by atoms with Gasteiger partial charge in [-0.25, -0.2) is 0 Å². The molecule has 0 aliphatic rings. The number of para-hydroxylation sites is 4. The standard InChI is InChI=1S/C48H45N3O6/c52-32-45(54)34-56-47-25-21-40(22-26-47)51(41-23-27-48(28-24-41)57-35-46(55)33-53)44-30-42(49(36-13-5-1-6-14-36)37-15-7-2-8-16-37)29-43(31-44)50(38-17-9-3-10-18-38)39-19-11-4-12-20-39/h1-31,45-46,52-55H,32-35H2. The molecule has 0 amide bonds. The van der Waals surface area contributed by atoms with Gasteiger partial charge in [-0.2, -0.15) is 0 Å². The molecule has 0 saturated carbocycles. The molecule has 0 heterocycles. The van der Waals surface area contributed by atoms with Gasteiger partial charge in [0.25, 0.3) is 0 Å². The van der Waals surface area contributed by atoms with Crippen LogP contribution in [-0.2, 0) is 0 Å². The summed E-state index contributed by atoms with van der Waals surface area (Å²) in [5.74, 6) is 1.09. The van der Waals surface area contributed by atoms with Gasteiger partial charge in [-0.1, -0.05) is 72.8 Å². The number of hydrogen-bond acceptors (Lipinski definition) is 9. The molecule has 0 radical (unpaired) electrons. The van der Waals surface area contributed by atoms with Crippen LogP contribution in [0.4, 0.5) is 51.2 Å². The van der Waals surface area contributed by atoms with Crippen molar-refractivity contribution < 1.29 is 29.9 Å². The van der Waals surface area contributed by atoms with E-state index in [-0.39, 0.29) is 13.2 Å². The Morgan fingerprint density at radius 3 is 0.825 bits per heavy atom. The molecular formula is C48H45N3O6.